The van der Waals surface area contributed by atoms with E-state index < -0.39 is 17.9 Å². The van der Waals surface area contributed by atoms with Crippen LogP contribution in [0.2, 0.25) is 0 Å². The highest BCUT2D eigenvalue weighted by atomic mass is 16.7. The Balaban J connectivity index is 1.51. The second-order valence-corrected chi connectivity index (χ2v) is 7.36. The van der Waals surface area contributed by atoms with Crippen molar-refractivity contribution < 1.29 is 23.8 Å². The maximum Gasteiger partial charge on any atom is 0.408 e. The van der Waals surface area contributed by atoms with Crippen LogP contribution in [0.5, 0.6) is 0 Å². The van der Waals surface area contributed by atoms with Crippen LogP contribution < -0.4 is 5.32 Å². The molecule has 148 valence electrons. The Kier molecular flexibility index (Phi) is 6.34. The maximum atomic E-state index is 12.9. The Morgan fingerprint density at radius 1 is 1.15 bits per heavy atom. The SMILES string of the molecule is CC(C)[C@H](NC(=O)OCc1ccccc1)C(=O)N1CCC2(CC1)OCCO2. The third-order valence-corrected chi connectivity index (χ3v) is 5.07. The van der Waals surface area contributed by atoms with Crippen LogP contribution >= 0.6 is 0 Å². The van der Waals surface area contributed by atoms with Crippen molar-refractivity contribution in [1.29, 1.82) is 0 Å². The first-order chi connectivity index (χ1) is 13.0. The van der Waals surface area contributed by atoms with Crippen LogP contribution in [0.3, 0.4) is 0 Å². The number of likely N-dealkylation sites (tertiary alicyclic amines) is 1. The number of amides is 2. The lowest BCUT2D eigenvalue weighted by atomic mass is 9.99. The zero-order chi connectivity index (χ0) is 19.3. The third-order valence-electron chi connectivity index (χ3n) is 5.07. The molecule has 7 heteroatoms. The van der Waals surface area contributed by atoms with Crippen LogP contribution in [-0.2, 0) is 25.6 Å². The van der Waals surface area contributed by atoms with Crippen molar-refractivity contribution in [3.05, 3.63) is 35.9 Å². The second-order valence-electron chi connectivity index (χ2n) is 7.36. The predicted molar refractivity (Wildman–Crippen MR) is 98.8 cm³/mol. The Morgan fingerprint density at radius 3 is 2.37 bits per heavy atom. The summed E-state index contributed by atoms with van der Waals surface area (Å²) in [6.07, 6.45) is 0.728. The highest BCUT2D eigenvalue weighted by molar-refractivity contribution is 5.86. The molecule has 27 heavy (non-hydrogen) atoms. The molecular weight excluding hydrogens is 348 g/mol. The molecule has 0 aliphatic carbocycles. The van der Waals surface area contributed by atoms with Gasteiger partial charge in [-0.05, 0) is 11.5 Å². The lowest BCUT2D eigenvalue weighted by Gasteiger charge is -2.39. The van der Waals surface area contributed by atoms with Crippen molar-refractivity contribution in [2.45, 2.75) is 45.1 Å². The Bertz CT molecular complexity index is 633. The molecule has 2 fully saturated rings. The van der Waals surface area contributed by atoms with Gasteiger partial charge in [-0.15, -0.1) is 0 Å². The van der Waals surface area contributed by atoms with Crippen LogP contribution in [0, 0.1) is 5.92 Å². The average Bonchev–Trinajstić information content (AvgIpc) is 3.13. The Morgan fingerprint density at radius 2 is 1.78 bits per heavy atom. The summed E-state index contributed by atoms with van der Waals surface area (Å²) in [5, 5.41) is 2.73. The molecule has 0 aromatic heterocycles. The van der Waals surface area contributed by atoms with Gasteiger partial charge in [0.25, 0.3) is 0 Å². The van der Waals surface area contributed by atoms with Gasteiger partial charge in [0.15, 0.2) is 5.79 Å². The summed E-state index contributed by atoms with van der Waals surface area (Å²) in [6, 6.07) is 8.83. The fraction of sp³-hybridized carbons (Fsp3) is 0.600. The largest absolute Gasteiger partial charge is 0.445 e. The topological polar surface area (TPSA) is 77.1 Å². The van der Waals surface area contributed by atoms with Gasteiger partial charge in [-0.25, -0.2) is 4.79 Å². The molecule has 1 N–H and O–H groups in total. The maximum absolute atomic E-state index is 12.9. The van der Waals surface area contributed by atoms with Gasteiger partial charge in [0, 0.05) is 25.9 Å². The smallest absolute Gasteiger partial charge is 0.408 e. The molecule has 0 unspecified atom stereocenters. The molecule has 1 aromatic rings. The average molecular weight is 376 g/mol. The molecule has 1 aromatic carbocycles. The van der Waals surface area contributed by atoms with Crippen molar-refractivity contribution >= 4 is 12.0 Å². The molecule has 2 aliphatic rings. The van der Waals surface area contributed by atoms with E-state index in [9.17, 15) is 9.59 Å². The molecule has 0 radical (unpaired) electrons. The minimum Gasteiger partial charge on any atom is -0.445 e. The summed E-state index contributed by atoms with van der Waals surface area (Å²) in [7, 11) is 0. The number of hydrogen-bond acceptors (Lipinski definition) is 5. The number of carbonyl (C=O) groups is 2. The molecule has 2 aliphatic heterocycles. The highest BCUT2D eigenvalue weighted by Gasteiger charge is 2.42. The summed E-state index contributed by atoms with van der Waals surface area (Å²) in [6.45, 7) is 6.33. The summed E-state index contributed by atoms with van der Waals surface area (Å²) in [4.78, 5) is 26.9. The van der Waals surface area contributed by atoms with Crippen LogP contribution in [0.1, 0.15) is 32.3 Å². The number of carbonyl (C=O) groups excluding carboxylic acids is 2. The Labute approximate surface area is 160 Å². The third kappa shape index (κ3) is 4.99. The van der Waals surface area contributed by atoms with E-state index in [1.165, 1.54) is 0 Å². The van der Waals surface area contributed by atoms with Crippen molar-refractivity contribution in [2.24, 2.45) is 5.92 Å². The molecular formula is C20H28N2O5. The number of nitrogens with zero attached hydrogens (tertiary/aromatic N) is 1. The van der Waals surface area contributed by atoms with Crippen molar-refractivity contribution in [2.75, 3.05) is 26.3 Å². The van der Waals surface area contributed by atoms with Crippen LogP contribution in [0.4, 0.5) is 4.79 Å². The van der Waals surface area contributed by atoms with Gasteiger partial charge in [0.1, 0.15) is 12.6 Å². The fourth-order valence-electron chi connectivity index (χ4n) is 3.46. The number of nitrogens with one attached hydrogen (secondary N) is 1. The molecule has 1 spiro atoms. The van der Waals surface area contributed by atoms with Crippen LogP contribution in [0.15, 0.2) is 30.3 Å². The molecule has 0 saturated carbocycles. The van der Waals surface area contributed by atoms with Crippen LogP contribution in [-0.4, -0.2) is 55.0 Å². The normalized spacial score (nSPS) is 19.9. The van der Waals surface area contributed by atoms with Crippen LogP contribution in [0.25, 0.3) is 0 Å². The Hall–Kier alpha value is -2.12. The van der Waals surface area contributed by atoms with Crippen molar-refractivity contribution in [3.8, 4) is 0 Å². The quantitative estimate of drug-likeness (QED) is 0.853. The van der Waals surface area contributed by atoms with E-state index in [2.05, 4.69) is 5.32 Å². The fourth-order valence-corrected chi connectivity index (χ4v) is 3.46. The summed E-state index contributed by atoms with van der Waals surface area (Å²) < 4.78 is 16.7. The summed E-state index contributed by atoms with van der Waals surface area (Å²) in [5.74, 6) is -0.655. The first-order valence-electron chi connectivity index (χ1n) is 9.53. The molecule has 7 nitrogen and oxygen atoms in total. The first-order valence-corrected chi connectivity index (χ1v) is 9.53. The molecule has 3 rings (SSSR count). The molecule has 0 bridgehead atoms. The van der Waals surface area contributed by atoms with E-state index in [1.807, 2.05) is 44.2 Å². The van der Waals surface area contributed by atoms with Gasteiger partial charge in [-0.2, -0.15) is 0 Å². The van der Waals surface area contributed by atoms with Crippen molar-refractivity contribution in [1.82, 2.24) is 10.2 Å². The van der Waals surface area contributed by atoms with E-state index in [1.54, 1.807) is 4.90 Å². The van der Waals surface area contributed by atoms with Gasteiger partial charge < -0.3 is 24.4 Å². The number of alkyl carbamates (subject to hydrolysis) is 1. The second kappa shape index (κ2) is 8.71. The lowest BCUT2D eigenvalue weighted by Crippen LogP contribution is -2.55. The minimum absolute atomic E-state index is 0.0448. The molecule has 2 amide bonds. The minimum atomic E-state index is -0.618. The number of benzene rings is 1. The molecule has 1 atom stereocenters. The number of piperidine rings is 1. The van der Waals surface area contributed by atoms with Crippen molar-refractivity contribution in [3.63, 3.8) is 0 Å². The lowest BCUT2D eigenvalue weighted by molar-refractivity contribution is -0.188. The van der Waals surface area contributed by atoms with E-state index in [4.69, 9.17) is 14.2 Å². The summed E-state index contributed by atoms with van der Waals surface area (Å²) >= 11 is 0. The van der Waals surface area contributed by atoms with Gasteiger partial charge in [-0.1, -0.05) is 44.2 Å². The molecule has 2 heterocycles. The number of rotatable bonds is 5. The van der Waals surface area contributed by atoms with Gasteiger partial charge in [0.2, 0.25) is 5.91 Å². The zero-order valence-corrected chi connectivity index (χ0v) is 16.0. The standard InChI is InChI=1S/C20H28N2O5/c1-15(2)17(21-19(24)25-14-16-6-4-3-5-7-16)18(23)22-10-8-20(9-11-22)26-12-13-27-20/h3-7,15,17H,8-14H2,1-2H3,(H,21,24)/t17-/m0/s1. The number of hydrogen-bond donors (Lipinski definition) is 1. The predicted octanol–water partition coefficient (Wildman–Crippen LogP) is 2.30. The van der Waals surface area contributed by atoms with E-state index >= 15 is 0 Å². The molecule has 2 saturated heterocycles. The monoisotopic (exact) mass is 376 g/mol. The van der Waals surface area contributed by atoms with Gasteiger partial charge >= 0.3 is 6.09 Å². The number of ether oxygens (including phenoxy) is 3. The van der Waals surface area contributed by atoms with E-state index in [0.717, 1.165) is 5.56 Å². The highest BCUT2D eigenvalue weighted by Crippen LogP contribution is 2.31. The first kappa shape index (κ1) is 19.6. The van der Waals surface area contributed by atoms with Gasteiger partial charge in [0.05, 0.1) is 13.2 Å². The summed E-state index contributed by atoms with van der Waals surface area (Å²) in [5.41, 5.74) is 0.901. The van der Waals surface area contributed by atoms with Gasteiger partial charge in [-0.3, -0.25) is 4.79 Å². The zero-order valence-electron chi connectivity index (χ0n) is 16.0. The van der Waals surface area contributed by atoms with E-state index in [-0.39, 0.29) is 18.4 Å². The van der Waals surface area contributed by atoms with E-state index in [0.29, 0.717) is 39.1 Å².